The molecule has 0 bridgehead atoms. The van der Waals surface area contributed by atoms with Crippen molar-refractivity contribution in [3.8, 4) is 0 Å². The second-order valence-corrected chi connectivity index (χ2v) is 7.60. The van der Waals surface area contributed by atoms with Gasteiger partial charge in [-0.25, -0.2) is 4.79 Å². The van der Waals surface area contributed by atoms with Crippen LogP contribution in [0.15, 0.2) is 0 Å². The van der Waals surface area contributed by atoms with Gasteiger partial charge in [0.1, 0.15) is 6.04 Å². The van der Waals surface area contributed by atoms with Crippen molar-refractivity contribution in [1.29, 1.82) is 0 Å². The molecular formula is C15H22N4O3S. The third-order valence-electron chi connectivity index (χ3n) is 5.23. The molecule has 1 spiro atoms. The summed E-state index contributed by atoms with van der Waals surface area (Å²) in [6, 6.07) is -0.660. The summed E-state index contributed by atoms with van der Waals surface area (Å²) in [6.07, 6.45) is 2.45. The van der Waals surface area contributed by atoms with Crippen molar-refractivity contribution in [2.24, 2.45) is 5.41 Å². The maximum Gasteiger partial charge on any atom is 0.326 e. The number of carboxylic acids is 1. The van der Waals surface area contributed by atoms with Gasteiger partial charge in [0.05, 0.1) is 10.6 Å². The van der Waals surface area contributed by atoms with E-state index in [1.165, 1.54) is 28.2 Å². The summed E-state index contributed by atoms with van der Waals surface area (Å²) < 4.78 is 3.97. The first-order chi connectivity index (χ1) is 10.9. The lowest BCUT2D eigenvalue weighted by Gasteiger charge is -2.39. The number of aryl methyl sites for hydroxylation is 1. The summed E-state index contributed by atoms with van der Waals surface area (Å²) in [5, 5.41) is 13.4. The third kappa shape index (κ3) is 3.23. The molecule has 1 aromatic heterocycles. The number of likely N-dealkylation sites (tertiary alicyclic amines) is 2. The summed E-state index contributed by atoms with van der Waals surface area (Å²) in [5.41, 5.74) is 0.955. The zero-order valence-electron chi connectivity index (χ0n) is 13.5. The summed E-state index contributed by atoms with van der Waals surface area (Å²) >= 11 is 1.44. The fraction of sp³-hybridized carbons (Fsp3) is 0.733. The number of hydrogen-bond acceptors (Lipinski definition) is 6. The first kappa shape index (κ1) is 16.3. The Morgan fingerprint density at radius 3 is 2.57 bits per heavy atom. The van der Waals surface area contributed by atoms with Gasteiger partial charge in [-0.1, -0.05) is 4.49 Å². The molecule has 1 unspecified atom stereocenters. The van der Waals surface area contributed by atoms with Crippen LogP contribution >= 0.6 is 11.5 Å². The van der Waals surface area contributed by atoms with E-state index >= 15 is 0 Å². The van der Waals surface area contributed by atoms with Crippen molar-refractivity contribution >= 4 is 23.4 Å². The first-order valence-corrected chi connectivity index (χ1v) is 8.68. The van der Waals surface area contributed by atoms with Crippen LogP contribution in [0.25, 0.3) is 0 Å². The molecule has 2 aliphatic heterocycles. The number of nitrogens with zero attached hydrogens (tertiary/aromatic N) is 4. The van der Waals surface area contributed by atoms with Crippen molar-refractivity contribution in [2.75, 3.05) is 19.6 Å². The average Bonchev–Trinajstić information content (AvgIpc) is 3.07. The highest BCUT2D eigenvalue weighted by molar-refractivity contribution is 7.05. The molecule has 0 aliphatic carbocycles. The first-order valence-electron chi connectivity index (χ1n) is 7.90. The minimum atomic E-state index is -0.883. The van der Waals surface area contributed by atoms with E-state index in [4.69, 9.17) is 0 Å². The fourth-order valence-electron chi connectivity index (χ4n) is 3.75. The molecule has 1 N–H and O–H groups in total. The minimum absolute atomic E-state index is 0.0355. The van der Waals surface area contributed by atoms with Crippen LogP contribution in [0.3, 0.4) is 0 Å². The second kappa shape index (κ2) is 6.16. The van der Waals surface area contributed by atoms with E-state index < -0.39 is 12.0 Å². The summed E-state index contributed by atoms with van der Waals surface area (Å²) in [5.74, 6) is -1.02. The molecule has 3 rings (SSSR count). The molecule has 0 saturated carbocycles. The Hall–Kier alpha value is -1.54. The lowest BCUT2D eigenvalue weighted by molar-refractivity contribution is -0.147. The Kier molecular flexibility index (Phi) is 4.37. The molecule has 3 heterocycles. The summed E-state index contributed by atoms with van der Waals surface area (Å²) in [6.45, 7) is 6.73. The number of aliphatic carboxylic acids is 1. The topological polar surface area (TPSA) is 86.6 Å². The van der Waals surface area contributed by atoms with Gasteiger partial charge in [-0.3, -0.25) is 9.69 Å². The smallest absolute Gasteiger partial charge is 0.326 e. The third-order valence-corrected chi connectivity index (χ3v) is 6.04. The van der Waals surface area contributed by atoms with Crippen LogP contribution in [0.2, 0.25) is 0 Å². The Bertz CT molecular complexity index is 586. The Morgan fingerprint density at radius 2 is 2.09 bits per heavy atom. The molecule has 2 fully saturated rings. The summed E-state index contributed by atoms with van der Waals surface area (Å²) in [7, 11) is 0. The molecule has 8 heteroatoms. The molecule has 1 aromatic rings. The van der Waals surface area contributed by atoms with Gasteiger partial charge >= 0.3 is 5.97 Å². The number of hydrogen-bond donors (Lipinski definition) is 1. The van der Waals surface area contributed by atoms with Crippen LogP contribution in [-0.2, 0) is 16.1 Å². The van der Waals surface area contributed by atoms with E-state index in [0.29, 0.717) is 13.0 Å². The van der Waals surface area contributed by atoms with Gasteiger partial charge in [0, 0.05) is 20.0 Å². The lowest BCUT2D eigenvalue weighted by Crippen LogP contribution is -2.42. The van der Waals surface area contributed by atoms with Crippen molar-refractivity contribution in [3.05, 3.63) is 10.6 Å². The molecule has 23 heavy (non-hydrogen) atoms. The number of piperidine rings is 1. The predicted molar refractivity (Wildman–Crippen MR) is 85.0 cm³/mol. The van der Waals surface area contributed by atoms with Gasteiger partial charge in [-0.05, 0) is 56.2 Å². The molecule has 126 valence electrons. The number of carboxylic acid groups (broad SMARTS) is 1. The molecule has 1 atom stereocenters. The van der Waals surface area contributed by atoms with Gasteiger partial charge < -0.3 is 10.0 Å². The van der Waals surface area contributed by atoms with Crippen molar-refractivity contribution in [3.63, 3.8) is 0 Å². The van der Waals surface area contributed by atoms with Crippen LogP contribution in [0.5, 0.6) is 0 Å². The average molecular weight is 338 g/mol. The zero-order chi connectivity index (χ0) is 16.6. The van der Waals surface area contributed by atoms with Gasteiger partial charge in [0.25, 0.3) is 0 Å². The number of amides is 1. The lowest BCUT2D eigenvalue weighted by atomic mass is 9.76. The predicted octanol–water partition coefficient (Wildman–Crippen LogP) is 1.13. The van der Waals surface area contributed by atoms with Crippen LogP contribution in [0.1, 0.15) is 36.8 Å². The Labute approximate surface area is 139 Å². The maximum atomic E-state index is 11.7. The monoisotopic (exact) mass is 338 g/mol. The Morgan fingerprint density at radius 1 is 1.39 bits per heavy atom. The van der Waals surface area contributed by atoms with E-state index in [9.17, 15) is 14.7 Å². The highest BCUT2D eigenvalue weighted by Crippen LogP contribution is 2.43. The Balaban J connectivity index is 1.63. The van der Waals surface area contributed by atoms with Gasteiger partial charge in [-0.2, -0.15) is 0 Å². The fourth-order valence-corrected chi connectivity index (χ4v) is 4.43. The quantitative estimate of drug-likeness (QED) is 0.889. The number of carbonyl (C=O) groups excluding carboxylic acids is 1. The molecular weight excluding hydrogens is 316 g/mol. The van der Waals surface area contributed by atoms with Crippen molar-refractivity contribution in [1.82, 2.24) is 19.4 Å². The van der Waals surface area contributed by atoms with E-state index in [1.54, 1.807) is 0 Å². The van der Waals surface area contributed by atoms with Gasteiger partial charge in [-0.15, -0.1) is 5.10 Å². The SMILES string of the molecule is CC(=O)N1CC2(CCN(Cc3snnc3C)CC2)CC1C(=O)O. The second-order valence-electron chi connectivity index (χ2n) is 6.76. The molecule has 2 saturated heterocycles. The van der Waals surface area contributed by atoms with Crippen LogP contribution in [0.4, 0.5) is 0 Å². The molecule has 1 amide bonds. The van der Waals surface area contributed by atoms with Gasteiger partial charge in [0.2, 0.25) is 5.91 Å². The van der Waals surface area contributed by atoms with E-state index in [-0.39, 0.29) is 11.3 Å². The number of aromatic nitrogens is 2. The molecule has 0 radical (unpaired) electrons. The van der Waals surface area contributed by atoms with Gasteiger partial charge in [0.15, 0.2) is 0 Å². The van der Waals surface area contributed by atoms with Crippen LogP contribution in [-0.4, -0.2) is 62.0 Å². The normalized spacial score (nSPS) is 24.3. The number of rotatable bonds is 3. The minimum Gasteiger partial charge on any atom is -0.480 e. The van der Waals surface area contributed by atoms with Crippen molar-refractivity contribution < 1.29 is 14.7 Å². The summed E-state index contributed by atoms with van der Waals surface area (Å²) in [4.78, 5) is 28.3. The highest BCUT2D eigenvalue weighted by Gasteiger charge is 2.49. The maximum absolute atomic E-state index is 11.7. The van der Waals surface area contributed by atoms with E-state index in [0.717, 1.165) is 38.2 Å². The van der Waals surface area contributed by atoms with Crippen LogP contribution in [0, 0.1) is 12.3 Å². The largest absolute Gasteiger partial charge is 0.480 e. The van der Waals surface area contributed by atoms with E-state index in [1.807, 2.05) is 6.92 Å². The molecule has 2 aliphatic rings. The highest BCUT2D eigenvalue weighted by atomic mass is 32.1. The zero-order valence-corrected chi connectivity index (χ0v) is 14.3. The van der Waals surface area contributed by atoms with E-state index in [2.05, 4.69) is 14.5 Å². The molecule has 0 aromatic carbocycles. The number of carbonyl (C=O) groups is 2. The molecule has 7 nitrogen and oxygen atoms in total. The van der Waals surface area contributed by atoms with Crippen molar-refractivity contribution in [2.45, 2.75) is 45.7 Å². The van der Waals surface area contributed by atoms with Crippen LogP contribution < -0.4 is 0 Å². The standard InChI is InChI=1S/C15H22N4O3S/c1-10-13(23-17-16-10)8-18-5-3-15(4-6-18)7-12(14(21)22)19(9-15)11(2)20/h12H,3-9H2,1-2H3,(H,21,22).